The van der Waals surface area contributed by atoms with E-state index in [1.165, 1.54) is 50.3 Å². The molecule has 0 atom stereocenters. The Hall–Kier alpha value is -1.82. The molecule has 4 aliphatic carbocycles. The van der Waals surface area contributed by atoms with Crippen molar-refractivity contribution in [1.82, 2.24) is 14.8 Å². The summed E-state index contributed by atoms with van der Waals surface area (Å²) in [5, 5.41) is 11.1. The molecule has 3 aromatic rings. The SMILES string of the molecule is O=C(CSc1nnc(C23CC4CC(CC(C4)C2)C3)n1-c1ccccc1)c1ccc(Cl)cc1Cl. The smallest absolute Gasteiger partial charge is 0.196 e. The van der Waals surface area contributed by atoms with E-state index >= 15 is 0 Å². The van der Waals surface area contributed by atoms with Crippen LogP contribution in [0.3, 0.4) is 0 Å². The summed E-state index contributed by atoms with van der Waals surface area (Å²) in [5.74, 6) is 3.76. The van der Waals surface area contributed by atoms with Crippen LogP contribution in [-0.4, -0.2) is 26.3 Å². The van der Waals surface area contributed by atoms with Gasteiger partial charge in [0.1, 0.15) is 5.82 Å². The van der Waals surface area contributed by atoms with Crippen LogP contribution in [0.25, 0.3) is 5.69 Å². The van der Waals surface area contributed by atoms with Crippen LogP contribution in [0.4, 0.5) is 0 Å². The standard InChI is InChI=1S/C26H25Cl2N3OS/c27-19-6-7-21(22(28)11-19)23(32)15-33-25-30-29-24(31(25)20-4-2-1-3-5-20)26-12-16-8-17(13-26)10-18(9-16)14-26/h1-7,11,16-18H,8-10,12-15H2. The zero-order valence-corrected chi connectivity index (χ0v) is 20.5. The number of Topliss-reactive ketones (excluding diaryl/α,β-unsaturated/α-hetero) is 1. The number of carbonyl (C=O) groups is 1. The maximum absolute atomic E-state index is 12.9. The van der Waals surface area contributed by atoms with Crippen molar-refractivity contribution in [1.29, 1.82) is 0 Å². The summed E-state index contributed by atoms with van der Waals surface area (Å²) < 4.78 is 2.22. The Morgan fingerprint density at radius 1 is 0.970 bits per heavy atom. The van der Waals surface area contributed by atoms with Crippen LogP contribution in [-0.2, 0) is 5.41 Å². The summed E-state index contributed by atoms with van der Waals surface area (Å²) >= 11 is 13.7. The zero-order valence-electron chi connectivity index (χ0n) is 18.2. The van der Waals surface area contributed by atoms with Crippen LogP contribution in [0, 0.1) is 17.8 Å². The molecule has 7 heteroatoms. The second-order valence-electron chi connectivity index (χ2n) is 10.0. The third-order valence-electron chi connectivity index (χ3n) is 7.72. The number of para-hydroxylation sites is 1. The van der Waals surface area contributed by atoms with Crippen molar-refractivity contribution < 1.29 is 4.79 Å². The van der Waals surface area contributed by atoms with E-state index in [4.69, 9.17) is 28.3 Å². The molecule has 0 radical (unpaired) electrons. The maximum atomic E-state index is 12.9. The predicted molar refractivity (Wildman–Crippen MR) is 133 cm³/mol. The molecule has 4 nitrogen and oxygen atoms in total. The summed E-state index contributed by atoms with van der Waals surface area (Å²) in [6.07, 6.45) is 7.81. The fourth-order valence-electron chi connectivity index (χ4n) is 6.82. The topological polar surface area (TPSA) is 47.8 Å². The number of hydrogen-bond acceptors (Lipinski definition) is 4. The summed E-state index contributed by atoms with van der Waals surface area (Å²) in [4.78, 5) is 12.9. The van der Waals surface area contributed by atoms with E-state index in [0.717, 1.165) is 34.4 Å². The van der Waals surface area contributed by atoms with Crippen LogP contribution in [0.5, 0.6) is 0 Å². The van der Waals surface area contributed by atoms with E-state index in [9.17, 15) is 4.79 Å². The summed E-state index contributed by atoms with van der Waals surface area (Å²) in [5.41, 5.74) is 1.66. The minimum atomic E-state index is -0.0411. The molecule has 0 saturated heterocycles. The van der Waals surface area contributed by atoms with Crippen molar-refractivity contribution in [2.24, 2.45) is 17.8 Å². The lowest BCUT2D eigenvalue weighted by Gasteiger charge is -2.56. The molecule has 4 fully saturated rings. The van der Waals surface area contributed by atoms with Gasteiger partial charge in [-0.2, -0.15) is 0 Å². The first kappa shape index (κ1) is 21.7. The van der Waals surface area contributed by atoms with Gasteiger partial charge in [-0.25, -0.2) is 0 Å². The highest BCUT2D eigenvalue weighted by Crippen LogP contribution is 2.60. The van der Waals surface area contributed by atoms with Gasteiger partial charge in [-0.3, -0.25) is 9.36 Å². The number of carbonyl (C=O) groups excluding carboxylic acids is 1. The highest BCUT2D eigenvalue weighted by Gasteiger charge is 2.54. The molecule has 1 heterocycles. The fraction of sp³-hybridized carbons (Fsp3) is 0.423. The molecule has 0 amide bonds. The fourth-order valence-corrected chi connectivity index (χ4v) is 8.17. The lowest BCUT2D eigenvalue weighted by Crippen LogP contribution is -2.49. The van der Waals surface area contributed by atoms with Crippen LogP contribution < -0.4 is 0 Å². The number of aromatic nitrogens is 3. The van der Waals surface area contributed by atoms with E-state index in [-0.39, 0.29) is 17.0 Å². The van der Waals surface area contributed by atoms with E-state index in [1.54, 1.807) is 18.2 Å². The van der Waals surface area contributed by atoms with Gasteiger partial charge in [0.2, 0.25) is 0 Å². The van der Waals surface area contributed by atoms with Crippen LogP contribution in [0.1, 0.15) is 54.7 Å². The molecule has 0 spiro atoms. The largest absolute Gasteiger partial charge is 0.293 e. The van der Waals surface area contributed by atoms with Gasteiger partial charge in [-0.15, -0.1) is 10.2 Å². The van der Waals surface area contributed by atoms with Gasteiger partial charge < -0.3 is 0 Å². The first-order valence-corrected chi connectivity index (χ1v) is 13.4. The van der Waals surface area contributed by atoms with E-state index in [2.05, 4.69) is 21.8 Å². The van der Waals surface area contributed by atoms with E-state index < -0.39 is 0 Å². The summed E-state index contributed by atoms with van der Waals surface area (Å²) in [6.45, 7) is 0. The van der Waals surface area contributed by atoms with Gasteiger partial charge in [0, 0.05) is 21.7 Å². The molecule has 4 aliphatic rings. The number of hydrogen-bond donors (Lipinski definition) is 0. The average molecular weight is 498 g/mol. The van der Waals surface area contributed by atoms with Crippen molar-refractivity contribution in [2.45, 2.75) is 49.1 Å². The van der Waals surface area contributed by atoms with Crippen LogP contribution in [0.2, 0.25) is 10.0 Å². The second kappa shape index (κ2) is 8.44. The number of rotatable bonds is 6. The van der Waals surface area contributed by atoms with Gasteiger partial charge in [-0.1, -0.05) is 53.2 Å². The van der Waals surface area contributed by atoms with Gasteiger partial charge in [-0.05, 0) is 86.6 Å². The quantitative estimate of drug-likeness (QED) is 0.271. The molecule has 33 heavy (non-hydrogen) atoms. The number of ketones is 1. The molecule has 1 aromatic heterocycles. The van der Waals surface area contributed by atoms with Gasteiger partial charge in [0.15, 0.2) is 10.9 Å². The van der Waals surface area contributed by atoms with Gasteiger partial charge >= 0.3 is 0 Å². The predicted octanol–water partition coefficient (Wildman–Crippen LogP) is 7.02. The van der Waals surface area contributed by atoms with Crippen molar-refractivity contribution in [3.63, 3.8) is 0 Å². The molecule has 4 saturated carbocycles. The monoisotopic (exact) mass is 497 g/mol. The first-order valence-electron chi connectivity index (χ1n) is 11.6. The van der Waals surface area contributed by atoms with Crippen LogP contribution >= 0.6 is 35.0 Å². The number of halogens is 2. The van der Waals surface area contributed by atoms with Gasteiger partial charge in [0.05, 0.1) is 10.8 Å². The third-order valence-corrected chi connectivity index (χ3v) is 9.20. The van der Waals surface area contributed by atoms with Crippen LogP contribution in [0.15, 0.2) is 53.7 Å². The Labute approximate surface area is 208 Å². The first-order chi connectivity index (χ1) is 16.0. The Balaban J connectivity index is 1.34. The summed E-state index contributed by atoms with van der Waals surface area (Å²) in [7, 11) is 0. The minimum absolute atomic E-state index is 0.0411. The van der Waals surface area contributed by atoms with Crippen molar-refractivity contribution in [3.8, 4) is 5.69 Å². The molecule has 0 N–H and O–H groups in total. The van der Waals surface area contributed by atoms with E-state index in [1.807, 2.05) is 18.2 Å². The lowest BCUT2D eigenvalue weighted by atomic mass is 9.49. The summed E-state index contributed by atoms with van der Waals surface area (Å²) in [6, 6.07) is 15.3. The van der Waals surface area contributed by atoms with Gasteiger partial charge in [0.25, 0.3) is 0 Å². The Kier molecular flexibility index (Phi) is 5.55. The van der Waals surface area contributed by atoms with Crippen molar-refractivity contribution in [2.75, 3.05) is 5.75 Å². The average Bonchev–Trinajstić information content (AvgIpc) is 3.22. The molecule has 4 bridgehead atoms. The molecule has 170 valence electrons. The number of nitrogens with zero attached hydrogens (tertiary/aromatic N) is 3. The van der Waals surface area contributed by atoms with Crippen molar-refractivity contribution in [3.05, 3.63) is 70.0 Å². The lowest BCUT2D eigenvalue weighted by molar-refractivity contribution is -0.0103. The maximum Gasteiger partial charge on any atom is 0.196 e. The molecule has 2 aromatic carbocycles. The second-order valence-corrected chi connectivity index (χ2v) is 11.8. The minimum Gasteiger partial charge on any atom is -0.293 e. The van der Waals surface area contributed by atoms with Crippen molar-refractivity contribution >= 4 is 40.7 Å². The molecule has 0 aliphatic heterocycles. The normalized spacial score (nSPS) is 27.8. The highest BCUT2D eigenvalue weighted by atomic mass is 35.5. The molecule has 0 unspecified atom stereocenters. The van der Waals surface area contributed by atoms with E-state index in [0.29, 0.717) is 15.6 Å². The highest BCUT2D eigenvalue weighted by molar-refractivity contribution is 7.99. The Bertz CT molecular complexity index is 1170. The molecular formula is C26H25Cl2N3OS. The third kappa shape index (κ3) is 3.92. The Morgan fingerprint density at radius 3 is 2.27 bits per heavy atom. The number of benzene rings is 2. The molecular weight excluding hydrogens is 473 g/mol. The molecule has 7 rings (SSSR count). The zero-order chi connectivity index (χ0) is 22.6. The number of thioether (sulfide) groups is 1. The Morgan fingerprint density at radius 2 is 1.64 bits per heavy atom.